The topological polar surface area (TPSA) is 21.3 Å². The third-order valence-corrected chi connectivity index (χ3v) is 3.79. The summed E-state index contributed by atoms with van der Waals surface area (Å²) in [6, 6.07) is 6.35. The molecule has 3 heteroatoms. The van der Waals surface area contributed by atoms with Gasteiger partial charge in [0.05, 0.1) is 12.6 Å². The van der Waals surface area contributed by atoms with Gasteiger partial charge in [-0.05, 0) is 56.0 Å². The van der Waals surface area contributed by atoms with Crippen molar-refractivity contribution >= 4 is 11.6 Å². The molecule has 104 valence electrons. The van der Waals surface area contributed by atoms with Crippen LogP contribution < -0.4 is 5.32 Å². The summed E-state index contributed by atoms with van der Waals surface area (Å²) in [7, 11) is 0. The number of hydrogen-bond donors (Lipinski definition) is 1. The Morgan fingerprint density at radius 3 is 2.89 bits per heavy atom. The molecule has 0 saturated carbocycles. The van der Waals surface area contributed by atoms with E-state index in [-0.39, 0.29) is 6.04 Å². The molecule has 1 atom stereocenters. The van der Waals surface area contributed by atoms with Gasteiger partial charge in [-0.2, -0.15) is 0 Å². The second-order valence-corrected chi connectivity index (χ2v) is 5.40. The Hall–Kier alpha value is -0.990. The Balaban J connectivity index is 2.25. The normalized spacial score (nSPS) is 16.7. The Kier molecular flexibility index (Phi) is 5.29. The van der Waals surface area contributed by atoms with Crippen molar-refractivity contribution in [1.29, 1.82) is 0 Å². The van der Waals surface area contributed by atoms with Crippen molar-refractivity contribution in [3.8, 4) is 0 Å². The maximum Gasteiger partial charge on any atom is 0.113 e. The number of benzene rings is 1. The van der Waals surface area contributed by atoms with E-state index in [2.05, 4.69) is 30.4 Å². The quantitative estimate of drug-likeness (QED) is 0.863. The van der Waals surface area contributed by atoms with Crippen molar-refractivity contribution in [1.82, 2.24) is 5.32 Å². The number of aryl methyl sites for hydroxylation is 1. The summed E-state index contributed by atoms with van der Waals surface area (Å²) in [5.41, 5.74) is 2.34. The lowest BCUT2D eigenvalue weighted by Gasteiger charge is -2.25. The second-order valence-electron chi connectivity index (χ2n) is 4.99. The number of hydrogen-bond acceptors (Lipinski definition) is 2. The number of halogens is 1. The van der Waals surface area contributed by atoms with Crippen LogP contribution in [-0.4, -0.2) is 13.2 Å². The maximum absolute atomic E-state index is 6.11. The van der Waals surface area contributed by atoms with Crippen LogP contribution in [0.2, 0.25) is 5.02 Å². The van der Waals surface area contributed by atoms with Gasteiger partial charge in [-0.15, -0.1) is 0 Å². The molecule has 0 spiro atoms. The fraction of sp³-hybridized carbons (Fsp3) is 0.500. The lowest BCUT2D eigenvalue weighted by molar-refractivity contribution is 0.167. The minimum atomic E-state index is 0.149. The van der Waals surface area contributed by atoms with E-state index in [9.17, 15) is 0 Å². The predicted octanol–water partition coefficient (Wildman–Crippen LogP) is 4.38. The third-order valence-electron chi connectivity index (χ3n) is 3.36. The molecule has 19 heavy (non-hydrogen) atoms. The summed E-state index contributed by atoms with van der Waals surface area (Å²) in [6.07, 6.45) is 5.53. The molecule has 2 nitrogen and oxygen atoms in total. The SMILES string of the molecule is CCCNC(C1=CCCCO1)c1ccc(Cl)c(C)c1. The molecule has 1 aromatic carbocycles. The average Bonchev–Trinajstić information content (AvgIpc) is 2.44. The molecule has 1 aliphatic rings. The number of ether oxygens (including phenoxy) is 1. The Morgan fingerprint density at radius 2 is 2.26 bits per heavy atom. The van der Waals surface area contributed by atoms with Gasteiger partial charge in [-0.1, -0.05) is 30.7 Å². The van der Waals surface area contributed by atoms with Gasteiger partial charge in [0, 0.05) is 5.02 Å². The highest BCUT2D eigenvalue weighted by atomic mass is 35.5. The van der Waals surface area contributed by atoms with E-state index in [1.807, 2.05) is 13.0 Å². The monoisotopic (exact) mass is 279 g/mol. The van der Waals surface area contributed by atoms with Gasteiger partial charge in [-0.25, -0.2) is 0 Å². The van der Waals surface area contributed by atoms with Gasteiger partial charge in [0.25, 0.3) is 0 Å². The van der Waals surface area contributed by atoms with Gasteiger partial charge in [0.15, 0.2) is 0 Å². The Bertz CT molecular complexity index is 456. The van der Waals surface area contributed by atoms with E-state index in [1.54, 1.807) is 0 Å². The molecule has 1 aliphatic heterocycles. The summed E-state index contributed by atoms with van der Waals surface area (Å²) in [5.74, 6) is 1.06. The summed E-state index contributed by atoms with van der Waals surface area (Å²) >= 11 is 6.11. The van der Waals surface area contributed by atoms with Crippen molar-refractivity contribution in [2.45, 2.75) is 39.2 Å². The van der Waals surface area contributed by atoms with Crippen molar-refractivity contribution in [2.24, 2.45) is 0 Å². The third kappa shape index (κ3) is 3.74. The number of allylic oxidation sites excluding steroid dienone is 1. The van der Waals surface area contributed by atoms with Crippen LogP contribution in [0.3, 0.4) is 0 Å². The average molecular weight is 280 g/mol. The second kappa shape index (κ2) is 6.97. The van der Waals surface area contributed by atoms with Gasteiger partial charge in [-0.3, -0.25) is 0 Å². The van der Waals surface area contributed by atoms with Gasteiger partial charge < -0.3 is 10.1 Å². The van der Waals surface area contributed by atoms with E-state index in [4.69, 9.17) is 16.3 Å². The van der Waals surface area contributed by atoms with Crippen LogP contribution in [-0.2, 0) is 4.74 Å². The standard InChI is InChI=1S/C16H22ClNO/c1-3-9-18-16(15-6-4-5-10-19-15)13-7-8-14(17)12(2)11-13/h6-8,11,16,18H,3-5,9-10H2,1-2H3. The first kappa shape index (κ1) is 14.4. The first-order chi connectivity index (χ1) is 9.22. The molecule has 0 amide bonds. The van der Waals surface area contributed by atoms with Crippen LogP contribution in [0.15, 0.2) is 30.0 Å². The van der Waals surface area contributed by atoms with E-state index in [0.29, 0.717) is 0 Å². The van der Waals surface area contributed by atoms with Crippen LogP contribution in [0.1, 0.15) is 43.4 Å². The molecular formula is C16H22ClNO. The van der Waals surface area contributed by atoms with Crippen molar-refractivity contribution < 1.29 is 4.74 Å². The first-order valence-corrected chi connectivity index (χ1v) is 7.42. The molecule has 0 saturated heterocycles. The van der Waals surface area contributed by atoms with Crippen LogP contribution in [0, 0.1) is 6.92 Å². The van der Waals surface area contributed by atoms with Crippen LogP contribution in [0.25, 0.3) is 0 Å². The zero-order valence-electron chi connectivity index (χ0n) is 11.7. The minimum absolute atomic E-state index is 0.149. The van der Waals surface area contributed by atoms with Crippen LogP contribution in [0.5, 0.6) is 0 Å². The fourth-order valence-corrected chi connectivity index (χ4v) is 2.41. The van der Waals surface area contributed by atoms with E-state index < -0.39 is 0 Å². The van der Waals surface area contributed by atoms with Crippen molar-refractivity contribution in [3.63, 3.8) is 0 Å². The predicted molar refractivity (Wildman–Crippen MR) is 80.5 cm³/mol. The highest BCUT2D eigenvalue weighted by molar-refractivity contribution is 6.31. The van der Waals surface area contributed by atoms with Crippen LogP contribution >= 0.6 is 11.6 Å². The zero-order chi connectivity index (χ0) is 13.7. The van der Waals surface area contributed by atoms with E-state index in [0.717, 1.165) is 48.8 Å². The largest absolute Gasteiger partial charge is 0.496 e. The summed E-state index contributed by atoms with van der Waals surface area (Å²) in [4.78, 5) is 0. The zero-order valence-corrected chi connectivity index (χ0v) is 12.5. The molecule has 1 unspecified atom stereocenters. The van der Waals surface area contributed by atoms with E-state index >= 15 is 0 Å². The maximum atomic E-state index is 6.11. The molecule has 0 aliphatic carbocycles. The Morgan fingerprint density at radius 1 is 1.42 bits per heavy atom. The van der Waals surface area contributed by atoms with Gasteiger partial charge in [0.1, 0.15) is 5.76 Å². The number of rotatable bonds is 5. The number of nitrogens with one attached hydrogen (secondary N) is 1. The highest BCUT2D eigenvalue weighted by Gasteiger charge is 2.19. The highest BCUT2D eigenvalue weighted by Crippen LogP contribution is 2.28. The molecule has 1 aromatic rings. The van der Waals surface area contributed by atoms with Gasteiger partial charge >= 0.3 is 0 Å². The Labute approximate surface area is 120 Å². The molecule has 0 fully saturated rings. The summed E-state index contributed by atoms with van der Waals surface area (Å²) in [5, 5.41) is 4.38. The lowest BCUT2D eigenvalue weighted by Crippen LogP contribution is -2.26. The molecule has 1 heterocycles. The fourth-order valence-electron chi connectivity index (χ4n) is 2.30. The molecule has 0 radical (unpaired) electrons. The molecule has 0 bridgehead atoms. The van der Waals surface area contributed by atoms with Crippen LogP contribution in [0.4, 0.5) is 0 Å². The van der Waals surface area contributed by atoms with Crippen molar-refractivity contribution in [2.75, 3.05) is 13.2 Å². The first-order valence-electron chi connectivity index (χ1n) is 7.04. The summed E-state index contributed by atoms with van der Waals surface area (Å²) in [6.45, 7) is 6.02. The van der Waals surface area contributed by atoms with Crippen molar-refractivity contribution in [3.05, 3.63) is 46.2 Å². The van der Waals surface area contributed by atoms with E-state index in [1.165, 1.54) is 5.56 Å². The lowest BCUT2D eigenvalue weighted by atomic mass is 10.0. The summed E-state index contributed by atoms with van der Waals surface area (Å²) < 4.78 is 5.83. The molecule has 1 N–H and O–H groups in total. The van der Waals surface area contributed by atoms with Gasteiger partial charge in [0.2, 0.25) is 0 Å². The molecule has 2 rings (SSSR count). The smallest absolute Gasteiger partial charge is 0.113 e. The molecular weight excluding hydrogens is 258 g/mol. The molecule has 0 aromatic heterocycles. The minimum Gasteiger partial charge on any atom is -0.496 e.